The molecule has 74 valence electrons. The lowest BCUT2D eigenvalue weighted by molar-refractivity contribution is 0.298. The molecule has 0 saturated heterocycles. The highest BCUT2D eigenvalue weighted by Gasteiger charge is 2.02. The van der Waals surface area contributed by atoms with Crippen molar-refractivity contribution in [1.29, 1.82) is 5.26 Å². The predicted octanol–water partition coefficient (Wildman–Crippen LogP) is 2.42. The Bertz CT molecular complexity index is 287. The van der Waals surface area contributed by atoms with Gasteiger partial charge < -0.3 is 0 Å². The summed E-state index contributed by atoms with van der Waals surface area (Å²) in [5.74, 6) is 0. The van der Waals surface area contributed by atoms with Gasteiger partial charge in [-0.15, -0.1) is 0 Å². The van der Waals surface area contributed by atoms with Gasteiger partial charge in [-0.3, -0.25) is 4.90 Å². The molecule has 1 rings (SSSR count). The van der Waals surface area contributed by atoms with Gasteiger partial charge in [-0.1, -0.05) is 37.3 Å². The Morgan fingerprint density at radius 2 is 2.00 bits per heavy atom. The first-order valence-corrected chi connectivity index (χ1v) is 5.00. The van der Waals surface area contributed by atoms with Crippen LogP contribution < -0.4 is 0 Å². The van der Waals surface area contributed by atoms with E-state index in [2.05, 4.69) is 30.0 Å². The molecule has 0 spiro atoms. The fourth-order valence-corrected chi connectivity index (χ4v) is 1.47. The van der Waals surface area contributed by atoms with E-state index in [4.69, 9.17) is 5.26 Å². The molecule has 0 fully saturated rings. The average Bonchev–Trinajstić information content (AvgIpc) is 2.20. The van der Waals surface area contributed by atoms with Crippen LogP contribution in [0.1, 0.15) is 18.9 Å². The van der Waals surface area contributed by atoms with E-state index in [1.54, 1.807) is 0 Å². The van der Waals surface area contributed by atoms with Crippen LogP contribution in [0.15, 0.2) is 30.3 Å². The molecule has 0 unspecified atom stereocenters. The van der Waals surface area contributed by atoms with Crippen molar-refractivity contribution in [2.75, 3.05) is 13.1 Å². The van der Waals surface area contributed by atoms with Crippen LogP contribution in [0.2, 0.25) is 0 Å². The molecule has 0 aliphatic carbocycles. The first kappa shape index (κ1) is 10.7. The third-order valence-corrected chi connectivity index (χ3v) is 2.08. The Hall–Kier alpha value is -1.33. The number of nitrogens with zero attached hydrogens (tertiary/aromatic N) is 2. The minimum atomic E-state index is 0.517. The molecule has 0 aliphatic rings. The molecule has 1 aromatic carbocycles. The van der Waals surface area contributed by atoms with Gasteiger partial charge in [-0.25, -0.2) is 0 Å². The lowest BCUT2D eigenvalue weighted by atomic mass is 10.2. The normalized spacial score (nSPS) is 10.1. The second-order valence-corrected chi connectivity index (χ2v) is 3.35. The first-order chi connectivity index (χ1) is 6.86. The van der Waals surface area contributed by atoms with Gasteiger partial charge in [0.15, 0.2) is 0 Å². The van der Waals surface area contributed by atoms with E-state index in [-0.39, 0.29) is 0 Å². The number of rotatable bonds is 5. The van der Waals surface area contributed by atoms with E-state index in [1.807, 2.05) is 18.2 Å². The Morgan fingerprint density at radius 1 is 1.29 bits per heavy atom. The molecule has 0 N–H and O–H groups in total. The highest BCUT2D eigenvalue weighted by molar-refractivity contribution is 5.14. The zero-order valence-electron chi connectivity index (χ0n) is 8.61. The van der Waals surface area contributed by atoms with Crippen molar-refractivity contribution in [3.8, 4) is 6.07 Å². The number of nitriles is 1. The topological polar surface area (TPSA) is 27.0 Å². The molecule has 0 aliphatic heterocycles. The summed E-state index contributed by atoms with van der Waals surface area (Å²) in [6, 6.07) is 12.5. The largest absolute Gasteiger partial charge is 0.286 e. The summed E-state index contributed by atoms with van der Waals surface area (Å²) in [6.45, 7) is 4.52. The second-order valence-electron chi connectivity index (χ2n) is 3.35. The molecule has 2 heteroatoms. The standard InChI is InChI=1S/C12H16N2/c1-2-9-14(10-8-13)11-12-6-4-3-5-7-12/h3-7H,2,9-11H2,1H3. The maximum atomic E-state index is 8.65. The van der Waals surface area contributed by atoms with Gasteiger partial charge in [0.05, 0.1) is 12.6 Å². The maximum absolute atomic E-state index is 8.65. The summed E-state index contributed by atoms with van der Waals surface area (Å²) in [7, 11) is 0. The fourth-order valence-electron chi connectivity index (χ4n) is 1.47. The van der Waals surface area contributed by atoms with Crippen molar-refractivity contribution in [2.45, 2.75) is 19.9 Å². The van der Waals surface area contributed by atoms with Crippen molar-refractivity contribution in [3.05, 3.63) is 35.9 Å². The molecule has 0 bridgehead atoms. The van der Waals surface area contributed by atoms with Gasteiger partial charge in [0.2, 0.25) is 0 Å². The van der Waals surface area contributed by atoms with Crippen molar-refractivity contribution in [3.63, 3.8) is 0 Å². The van der Waals surface area contributed by atoms with Crippen LogP contribution in [0.5, 0.6) is 0 Å². The summed E-state index contributed by atoms with van der Waals surface area (Å²) in [5, 5.41) is 8.65. The molecular weight excluding hydrogens is 172 g/mol. The van der Waals surface area contributed by atoms with E-state index in [0.717, 1.165) is 19.5 Å². The second kappa shape index (κ2) is 6.17. The van der Waals surface area contributed by atoms with Crippen LogP contribution in [0.25, 0.3) is 0 Å². The minimum absolute atomic E-state index is 0.517. The van der Waals surface area contributed by atoms with E-state index >= 15 is 0 Å². The summed E-state index contributed by atoms with van der Waals surface area (Å²) >= 11 is 0. The minimum Gasteiger partial charge on any atom is -0.286 e. The lowest BCUT2D eigenvalue weighted by Gasteiger charge is -2.17. The number of hydrogen-bond acceptors (Lipinski definition) is 2. The van der Waals surface area contributed by atoms with Gasteiger partial charge in [-0.05, 0) is 18.5 Å². The van der Waals surface area contributed by atoms with Crippen LogP contribution in [-0.2, 0) is 6.54 Å². The number of benzene rings is 1. The maximum Gasteiger partial charge on any atom is 0.0868 e. The molecule has 0 amide bonds. The van der Waals surface area contributed by atoms with E-state index in [9.17, 15) is 0 Å². The SMILES string of the molecule is CCCN(CC#N)Cc1ccccc1. The van der Waals surface area contributed by atoms with Gasteiger partial charge >= 0.3 is 0 Å². The smallest absolute Gasteiger partial charge is 0.0868 e. The Kier molecular flexibility index (Phi) is 4.74. The quantitative estimate of drug-likeness (QED) is 0.663. The van der Waals surface area contributed by atoms with Gasteiger partial charge in [0.25, 0.3) is 0 Å². The molecule has 0 radical (unpaired) electrons. The average molecular weight is 188 g/mol. The molecule has 0 atom stereocenters. The fraction of sp³-hybridized carbons (Fsp3) is 0.417. The van der Waals surface area contributed by atoms with Gasteiger partial charge in [-0.2, -0.15) is 5.26 Å². The van der Waals surface area contributed by atoms with Crippen molar-refractivity contribution in [2.24, 2.45) is 0 Å². The molecule has 0 aromatic heterocycles. The van der Waals surface area contributed by atoms with Crippen molar-refractivity contribution >= 4 is 0 Å². The highest BCUT2D eigenvalue weighted by atomic mass is 15.1. The molecule has 0 saturated carbocycles. The Labute approximate surface area is 85.8 Å². The van der Waals surface area contributed by atoms with Gasteiger partial charge in [0, 0.05) is 6.54 Å². The summed E-state index contributed by atoms with van der Waals surface area (Å²) in [4.78, 5) is 2.16. The molecule has 1 aromatic rings. The predicted molar refractivity (Wildman–Crippen MR) is 57.6 cm³/mol. The van der Waals surface area contributed by atoms with Crippen LogP contribution in [0.4, 0.5) is 0 Å². The third kappa shape index (κ3) is 3.59. The summed E-state index contributed by atoms with van der Waals surface area (Å²) in [6.07, 6.45) is 1.09. The van der Waals surface area contributed by atoms with Crippen LogP contribution in [0, 0.1) is 11.3 Å². The van der Waals surface area contributed by atoms with E-state index in [0.29, 0.717) is 6.54 Å². The van der Waals surface area contributed by atoms with Crippen LogP contribution in [0.3, 0.4) is 0 Å². The van der Waals surface area contributed by atoms with Crippen molar-refractivity contribution in [1.82, 2.24) is 4.90 Å². The van der Waals surface area contributed by atoms with E-state index in [1.165, 1.54) is 5.56 Å². The Morgan fingerprint density at radius 3 is 2.57 bits per heavy atom. The summed E-state index contributed by atoms with van der Waals surface area (Å²) < 4.78 is 0. The zero-order chi connectivity index (χ0) is 10.2. The molecule has 2 nitrogen and oxygen atoms in total. The molecule has 0 heterocycles. The van der Waals surface area contributed by atoms with Crippen LogP contribution >= 0.6 is 0 Å². The zero-order valence-corrected chi connectivity index (χ0v) is 8.61. The van der Waals surface area contributed by atoms with E-state index < -0.39 is 0 Å². The van der Waals surface area contributed by atoms with Crippen molar-refractivity contribution < 1.29 is 0 Å². The first-order valence-electron chi connectivity index (χ1n) is 5.00. The van der Waals surface area contributed by atoms with Crippen LogP contribution in [-0.4, -0.2) is 18.0 Å². The molecular formula is C12H16N2. The monoisotopic (exact) mass is 188 g/mol. The summed E-state index contributed by atoms with van der Waals surface area (Å²) in [5.41, 5.74) is 1.27. The Balaban J connectivity index is 2.52. The number of hydrogen-bond donors (Lipinski definition) is 0. The lowest BCUT2D eigenvalue weighted by Crippen LogP contribution is -2.24. The third-order valence-electron chi connectivity index (χ3n) is 2.08. The highest BCUT2D eigenvalue weighted by Crippen LogP contribution is 2.04. The molecule has 14 heavy (non-hydrogen) atoms. The van der Waals surface area contributed by atoms with Gasteiger partial charge in [0.1, 0.15) is 0 Å².